The maximum absolute atomic E-state index is 12.9. The van der Waals surface area contributed by atoms with Gasteiger partial charge in [0.1, 0.15) is 5.82 Å². The molecule has 0 spiro atoms. The van der Waals surface area contributed by atoms with E-state index in [9.17, 15) is 4.39 Å². The molecule has 0 atom stereocenters. The van der Waals surface area contributed by atoms with Crippen LogP contribution in [0.3, 0.4) is 0 Å². The standard InChI is InChI=1S/C14H9ClFN3/c15-14-17-13(10-6-8-11(16)9-7-10)18-19(14)12-4-2-1-3-5-12/h1-9H. The molecule has 0 aliphatic carbocycles. The van der Waals surface area contributed by atoms with Crippen LogP contribution in [0.4, 0.5) is 4.39 Å². The van der Waals surface area contributed by atoms with E-state index in [0.717, 1.165) is 11.3 Å². The number of rotatable bonds is 2. The van der Waals surface area contributed by atoms with Crippen LogP contribution >= 0.6 is 11.6 Å². The van der Waals surface area contributed by atoms with Crippen LogP contribution in [-0.4, -0.2) is 14.8 Å². The van der Waals surface area contributed by atoms with Gasteiger partial charge in [0.05, 0.1) is 5.69 Å². The molecule has 0 saturated heterocycles. The Morgan fingerprint density at radius 3 is 2.32 bits per heavy atom. The number of hydrogen-bond donors (Lipinski definition) is 0. The molecule has 3 rings (SSSR count). The third-order valence-electron chi connectivity index (χ3n) is 2.67. The number of aromatic nitrogens is 3. The van der Waals surface area contributed by atoms with Crippen LogP contribution in [0, 0.1) is 5.82 Å². The molecule has 1 aromatic heterocycles. The zero-order valence-corrected chi connectivity index (χ0v) is 10.5. The van der Waals surface area contributed by atoms with Crippen LogP contribution in [0.15, 0.2) is 54.6 Å². The summed E-state index contributed by atoms with van der Waals surface area (Å²) in [6.07, 6.45) is 0. The van der Waals surface area contributed by atoms with Gasteiger partial charge in [0.25, 0.3) is 0 Å². The lowest BCUT2D eigenvalue weighted by Crippen LogP contribution is -1.96. The third-order valence-corrected chi connectivity index (χ3v) is 2.92. The lowest BCUT2D eigenvalue weighted by molar-refractivity contribution is 0.628. The number of para-hydroxylation sites is 1. The number of benzene rings is 2. The van der Waals surface area contributed by atoms with Gasteiger partial charge in [-0.2, -0.15) is 4.98 Å². The number of nitrogens with zero attached hydrogens (tertiary/aromatic N) is 3. The van der Waals surface area contributed by atoms with E-state index in [1.165, 1.54) is 12.1 Å². The average molecular weight is 274 g/mol. The molecule has 94 valence electrons. The fourth-order valence-electron chi connectivity index (χ4n) is 1.75. The normalized spacial score (nSPS) is 10.6. The Kier molecular flexibility index (Phi) is 3.01. The van der Waals surface area contributed by atoms with E-state index in [-0.39, 0.29) is 11.1 Å². The summed E-state index contributed by atoms with van der Waals surface area (Å²) in [7, 11) is 0. The van der Waals surface area contributed by atoms with E-state index in [0.29, 0.717) is 5.82 Å². The van der Waals surface area contributed by atoms with Gasteiger partial charge in [0, 0.05) is 5.56 Å². The first-order chi connectivity index (χ1) is 9.24. The molecule has 0 bridgehead atoms. The minimum Gasteiger partial charge on any atom is -0.207 e. The van der Waals surface area contributed by atoms with Crippen LogP contribution < -0.4 is 0 Å². The Morgan fingerprint density at radius 2 is 1.63 bits per heavy atom. The predicted molar refractivity (Wildman–Crippen MR) is 71.8 cm³/mol. The molecule has 0 saturated carbocycles. The second-order valence-electron chi connectivity index (χ2n) is 3.96. The quantitative estimate of drug-likeness (QED) is 0.712. The van der Waals surface area contributed by atoms with Crippen LogP contribution in [0.1, 0.15) is 0 Å². The Hall–Kier alpha value is -2.20. The second kappa shape index (κ2) is 4.82. The summed E-state index contributed by atoms with van der Waals surface area (Å²) in [5.74, 6) is 0.172. The SMILES string of the molecule is Fc1ccc(-c2nc(Cl)n(-c3ccccc3)n2)cc1. The molecule has 19 heavy (non-hydrogen) atoms. The van der Waals surface area contributed by atoms with Gasteiger partial charge in [-0.1, -0.05) is 18.2 Å². The molecule has 3 aromatic rings. The highest BCUT2D eigenvalue weighted by Crippen LogP contribution is 2.21. The Balaban J connectivity index is 2.04. The van der Waals surface area contributed by atoms with Gasteiger partial charge in [0.15, 0.2) is 5.82 Å². The lowest BCUT2D eigenvalue weighted by atomic mass is 10.2. The van der Waals surface area contributed by atoms with Gasteiger partial charge in [-0.3, -0.25) is 0 Å². The summed E-state index contributed by atoms with van der Waals surface area (Å²) < 4.78 is 14.4. The highest BCUT2D eigenvalue weighted by atomic mass is 35.5. The van der Waals surface area contributed by atoms with Gasteiger partial charge in [-0.15, -0.1) is 5.10 Å². The summed E-state index contributed by atoms with van der Waals surface area (Å²) >= 11 is 6.08. The summed E-state index contributed by atoms with van der Waals surface area (Å²) in [5, 5.41) is 4.60. The maximum atomic E-state index is 12.9. The summed E-state index contributed by atoms with van der Waals surface area (Å²) in [6.45, 7) is 0. The average Bonchev–Trinajstić information content (AvgIpc) is 2.83. The molecule has 2 aromatic carbocycles. The zero-order valence-electron chi connectivity index (χ0n) is 9.79. The summed E-state index contributed by atoms with van der Waals surface area (Å²) in [5.41, 5.74) is 1.55. The highest BCUT2D eigenvalue weighted by molar-refractivity contribution is 6.28. The topological polar surface area (TPSA) is 30.7 Å². The van der Waals surface area contributed by atoms with Crippen molar-refractivity contribution in [1.82, 2.24) is 14.8 Å². The van der Waals surface area contributed by atoms with Gasteiger partial charge in [-0.05, 0) is 48.0 Å². The first-order valence-corrected chi connectivity index (χ1v) is 6.06. The fourth-order valence-corrected chi connectivity index (χ4v) is 1.96. The first-order valence-electron chi connectivity index (χ1n) is 5.68. The van der Waals surface area contributed by atoms with Crippen molar-refractivity contribution in [1.29, 1.82) is 0 Å². The van der Waals surface area contributed by atoms with E-state index in [1.54, 1.807) is 16.8 Å². The van der Waals surface area contributed by atoms with E-state index >= 15 is 0 Å². The lowest BCUT2D eigenvalue weighted by Gasteiger charge is -1.99. The molecule has 1 heterocycles. The van der Waals surface area contributed by atoms with Gasteiger partial charge in [0.2, 0.25) is 5.28 Å². The molecule has 0 aliphatic rings. The molecule has 0 aliphatic heterocycles. The predicted octanol–water partition coefficient (Wildman–Crippen LogP) is 3.73. The smallest absolute Gasteiger partial charge is 0.207 e. The minimum absolute atomic E-state index is 0.269. The third kappa shape index (κ3) is 2.35. The first kappa shape index (κ1) is 11.9. The highest BCUT2D eigenvalue weighted by Gasteiger charge is 2.11. The van der Waals surface area contributed by atoms with E-state index in [2.05, 4.69) is 10.1 Å². The minimum atomic E-state index is -0.294. The maximum Gasteiger partial charge on any atom is 0.226 e. The molecule has 3 nitrogen and oxygen atoms in total. The van der Waals surface area contributed by atoms with E-state index in [1.807, 2.05) is 30.3 Å². The Bertz CT molecular complexity index is 692. The van der Waals surface area contributed by atoms with E-state index < -0.39 is 0 Å². The van der Waals surface area contributed by atoms with Gasteiger partial charge < -0.3 is 0 Å². The summed E-state index contributed by atoms with van der Waals surface area (Å²) in [4.78, 5) is 4.18. The monoisotopic (exact) mass is 273 g/mol. The molecule has 5 heteroatoms. The zero-order chi connectivity index (χ0) is 13.2. The van der Waals surface area contributed by atoms with Crippen molar-refractivity contribution in [2.24, 2.45) is 0 Å². The van der Waals surface area contributed by atoms with Crippen LogP contribution in [0.25, 0.3) is 17.1 Å². The largest absolute Gasteiger partial charge is 0.226 e. The van der Waals surface area contributed by atoms with Crippen LogP contribution in [0.2, 0.25) is 5.28 Å². The van der Waals surface area contributed by atoms with Crippen molar-refractivity contribution in [3.05, 3.63) is 65.7 Å². The molecular weight excluding hydrogens is 265 g/mol. The van der Waals surface area contributed by atoms with Crippen molar-refractivity contribution in [3.63, 3.8) is 0 Å². The van der Waals surface area contributed by atoms with Crippen molar-refractivity contribution in [2.45, 2.75) is 0 Å². The number of hydrogen-bond acceptors (Lipinski definition) is 2. The molecule has 0 fully saturated rings. The number of halogens is 2. The van der Waals surface area contributed by atoms with Gasteiger partial charge in [-0.25, -0.2) is 9.07 Å². The van der Waals surface area contributed by atoms with Crippen molar-refractivity contribution in [3.8, 4) is 17.1 Å². The molecule has 0 amide bonds. The van der Waals surface area contributed by atoms with Crippen molar-refractivity contribution in [2.75, 3.05) is 0 Å². The molecule has 0 N–H and O–H groups in total. The fraction of sp³-hybridized carbons (Fsp3) is 0. The van der Waals surface area contributed by atoms with Crippen LogP contribution in [-0.2, 0) is 0 Å². The summed E-state index contributed by atoms with van der Waals surface area (Å²) in [6, 6.07) is 15.4. The molecule has 0 unspecified atom stereocenters. The van der Waals surface area contributed by atoms with Crippen LogP contribution in [0.5, 0.6) is 0 Å². The molecular formula is C14H9ClFN3. The van der Waals surface area contributed by atoms with Crippen molar-refractivity contribution >= 4 is 11.6 Å². The Morgan fingerprint density at radius 1 is 0.947 bits per heavy atom. The van der Waals surface area contributed by atoms with E-state index in [4.69, 9.17) is 11.6 Å². The molecule has 0 radical (unpaired) electrons. The Labute approximate surface area is 114 Å². The van der Waals surface area contributed by atoms with Gasteiger partial charge >= 0.3 is 0 Å². The van der Waals surface area contributed by atoms with Crippen molar-refractivity contribution < 1.29 is 4.39 Å². The second-order valence-corrected chi connectivity index (χ2v) is 4.30.